The molecule has 2 heterocycles. The van der Waals surface area contributed by atoms with Gasteiger partial charge in [-0.3, -0.25) is 0 Å². The molecule has 0 aromatic carbocycles. The number of hydrogen-bond donors (Lipinski definition) is 2. The summed E-state index contributed by atoms with van der Waals surface area (Å²) in [4.78, 5) is 7.79. The largest absolute Gasteiger partial charge is 0.368 e. The summed E-state index contributed by atoms with van der Waals surface area (Å²) in [6.45, 7) is 0.560. The number of nitrogens with one attached hydrogen (secondary N) is 1. The molecule has 0 bridgehead atoms. The molecule has 0 saturated carbocycles. The van der Waals surface area contributed by atoms with Crippen LogP contribution in [0.2, 0.25) is 0 Å². The highest BCUT2D eigenvalue weighted by Gasteiger charge is 1.96. The number of nitrogen functional groups attached to an aromatic ring is 1. The van der Waals surface area contributed by atoms with Crippen LogP contribution < -0.4 is 11.1 Å². The summed E-state index contributed by atoms with van der Waals surface area (Å²) in [6, 6.07) is 5.45. The molecule has 2 aromatic heterocycles. The lowest BCUT2D eigenvalue weighted by molar-refractivity contribution is 0.919. The van der Waals surface area contributed by atoms with Crippen LogP contribution in [0.3, 0.4) is 0 Å². The SMILES string of the molecule is Nc1nccc(NCc2cccnn2)n1. The molecule has 6 nitrogen and oxygen atoms in total. The second kappa shape index (κ2) is 4.32. The number of hydrogen-bond acceptors (Lipinski definition) is 6. The molecule has 0 aliphatic rings. The van der Waals surface area contributed by atoms with E-state index < -0.39 is 0 Å². The van der Waals surface area contributed by atoms with Crippen molar-refractivity contribution in [3.63, 3.8) is 0 Å². The quantitative estimate of drug-likeness (QED) is 0.751. The monoisotopic (exact) mass is 202 g/mol. The molecular weight excluding hydrogens is 192 g/mol. The minimum absolute atomic E-state index is 0.249. The Labute approximate surface area is 86.6 Å². The first kappa shape index (κ1) is 9.32. The Bertz CT molecular complexity index is 430. The number of rotatable bonds is 3. The molecule has 0 radical (unpaired) electrons. The molecule has 2 aromatic rings. The molecule has 0 saturated heterocycles. The van der Waals surface area contributed by atoms with Crippen molar-refractivity contribution in [1.82, 2.24) is 20.2 Å². The maximum Gasteiger partial charge on any atom is 0.221 e. The van der Waals surface area contributed by atoms with E-state index in [0.717, 1.165) is 5.69 Å². The third-order valence-corrected chi connectivity index (χ3v) is 1.75. The molecule has 0 spiro atoms. The topological polar surface area (TPSA) is 89.6 Å². The number of aromatic nitrogens is 4. The fourth-order valence-corrected chi connectivity index (χ4v) is 1.08. The van der Waals surface area contributed by atoms with Crippen LogP contribution in [-0.4, -0.2) is 20.2 Å². The molecule has 2 rings (SSSR count). The average Bonchev–Trinajstić information content (AvgIpc) is 2.28. The van der Waals surface area contributed by atoms with Crippen molar-refractivity contribution in [2.75, 3.05) is 11.1 Å². The van der Waals surface area contributed by atoms with Gasteiger partial charge in [0.05, 0.1) is 12.2 Å². The van der Waals surface area contributed by atoms with Gasteiger partial charge in [-0.2, -0.15) is 15.2 Å². The zero-order chi connectivity index (χ0) is 10.5. The highest BCUT2D eigenvalue weighted by Crippen LogP contribution is 2.04. The lowest BCUT2D eigenvalue weighted by Gasteiger charge is -2.03. The highest BCUT2D eigenvalue weighted by atomic mass is 15.1. The molecular formula is C9H10N6. The molecule has 76 valence electrons. The summed E-state index contributed by atoms with van der Waals surface area (Å²) in [5, 5.41) is 10.8. The van der Waals surface area contributed by atoms with Crippen LogP contribution in [0, 0.1) is 0 Å². The van der Waals surface area contributed by atoms with Gasteiger partial charge in [0, 0.05) is 12.4 Å². The minimum atomic E-state index is 0.249. The van der Waals surface area contributed by atoms with Gasteiger partial charge in [0.15, 0.2) is 0 Å². The van der Waals surface area contributed by atoms with Gasteiger partial charge >= 0.3 is 0 Å². The van der Waals surface area contributed by atoms with Gasteiger partial charge in [-0.05, 0) is 18.2 Å². The molecule has 0 unspecified atom stereocenters. The minimum Gasteiger partial charge on any atom is -0.368 e. The summed E-state index contributed by atoms with van der Waals surface area (Å²) < 4.78 is 0. The summed E-state index contributed by atoms with van der Waals surface area (Å²) in [5.41, 5.74) is 6.28. The summed E-state index contributed by atoms with van der Waals surface area (Å²) in [5.74, 6) is 0.923. The lowest BCUT2D eigenvalue weighted by Crippen LogP contribution is -2.05. The van der Waals surface area contributed by atoms with Crippen molar-refractivity contribution < 1.29 is 0 Å². The fraction of sp³-hybridized carbons (Fsp3) is 0.111. The van der Waals surface area contributed by atoms with Gasteiger partial charge in [0.2, 0.25) is 5.95 Å². The first-order valence-corrected chi connectivity index (χ1v) is 4.43. The Hall–Kier alpha value is -2.24. The van der Waals surface area contributed by atoms with Crippen LogP contribution in [0.25, 0.3) is 0 Å². The zero-order valence-corrected chi connectivity index (χ0v) is 7.96. The van der Waals surface area contributed by atoms with Crippen LogP contribution in [0.5, 0.6) is 0 Å². The molecule has 0 aliphatic heterocycles. The van der Waals surface area contributed by atoms with E-state index in [1.54, 1.807) is 18.5 Å². The highest BCUT2D eigenvalue weighted by molar-refractivity contribution is 5.37. The molecule has 3 N–H and O–H groups in total. The summed E-state index contributed by atoms with van der Waals surface area (Å²) in [6.07, 6.45) is 3.23. The van der Waals surface area contributed by atoms with Gasteiger partial charge in [-0.15, -0.1) is 0 Å². The van der Waals surface area contributed by atoms with Gasteiger partial charge < -0.3 is 11.1 Å². The molecule has 6 heteroatoms. The Morgan fingerprint density at radius 2 is 2.20 bits per heavy atom. The van der Waals surface area contributed by atoms with Crippen molar-refractivity contribution >= 4 is 11.8 Å². The van der Waals surface area contributed by atoms with E-state index in [0.29, 0.717) is 12.4 Å². The van der Waals surface area contributed by atoms with Crippen molar-refractivity contribution in [2.45, 2.75) is 6.54 Å². The Kier molecular flexibility index (Phi) is 2.68. The predicted molar refractivity (Wildman–Crippen MR) is 55.8 cm³/mol. The molecule has 0 amide bonds. The fourth-order valence-electron chi connectivity index (χ4n) is 1.08. The lowest BCUT2D eigenvalue weighted by atomic mass is 10.4. The normalized spacial score (nSPS) is 9.87. The maximum absolute atomic E-state index is 5.44. The zero-order valence-electron chi connectivity index (χ0n) is 7.96. The van der Waals surface area contributed by atoms with E-state index in [1.165, 1.54) is 0 Å². The van der Waals surface area contributed by atoms with E-state index in [9.17, 15) is 0 Å². The van der Waals surface area contributed by atoms with Crippen LogP contribution in [0.4, 0.5) is 11.8 Å². The average molecular weight is 202 g/mol. The van der Waals surface area contributed by atoms with E-state index in [1.807, 2.05) is 12.1 Å². The van der Waals surface area contributed by atoms with Crippen LogP contribution in [0.15, 0.2) is 30.6 Å². The number of nitrogens with zero attached hydrogens (tertiary/aromatic N) is 4. The van der Waals surface area contributed by atoms with Crippen LogP contribution in [0.1, 0.15) is 5.69 Å². The van der Waals surface area contributed by atoms with Crippen LogP contribution in [-0.2, 0) is 6.54 Å². The molecule has 0 aliphatic carbocycles. The summed E-state index contributed by atoms with van der Waals surface area (Å²) in [7, 11) is 0. The van der Waals surface area contributed by atoms with E-state index in [-0.39, 0.29) is 5.95 Å². The van der Waals surface area contributed by atoms with Crippen molar-refractivity contribution in [3.8, 4) is 0 Å². The van der Waals surface area contributed by atoms with Gasteiger partial charge in [0.25, 0.3) is 0 Å². The van der Waals surface area contributed by atoms with Gasteiger partial charge in [-0.25, -0.2) is 4.98 Å². The standard InChI is InChI=1S/C9H10N6/c10-9-11-5-3-8(14-9)12-6-7-2-1-4-13-15-7/h1-5H,6H2,(H3,10,11,12,14). The molecule has 0 fully saturated rings. The maximum atomic E-state index is 5.44. The first-order valence-electron chi connectivity index (χ1n) is 4.43. The third kappa shape index (κ3) is 2.60. The summed E-state index contributed by atoms with van der Waals surface area (Å²) >= 11 is 0. The van der Waals surface area contributed by atoms with Crippen molar-refractivity contribution in [1.29, 1.82) is 0 Å². The molecule has 15 heavy (non-hydrogen) atoms. The predicted octanol–water partition coefficient (Wildman–Crippen LogP) is 0.461. The van der Waals surface area contributed by atoms with Crippen molar-refractivity contribution in [2.24, 2.45) is 0 Å². The smallest absolute Gasteiger partial charge is 0.221 e. The van der Waals surface area contributed by atoms with E-state index >= 15 is 0 Å². The molecule has 0 atom stereocenters. The van der Waals surface area contributed by atoms with Crippen molar-refractivity contribution in [3.05, 3.63) is 36.3 Å². The second-order valence-electron chi connectivity index (χ2n) is 2.87. The van der Waals surface area contributed by atoms with Crippen LogP contribution >= 0.6 is 0 Å². The van der Waals surface area contributed by atoms with E-state index in [4.69, 9.17) is 5.73 Å². The second-order valence-corrected chi connectivity index (χ2v) is 2.87. The Balaban J connectivity index is 1.99. The Morgan fingerprint density at radius 3 is 2.93 bits per heavy atom. The van der Waals surface area contributed by atoms with E-state index in [2.05, 4.69) is 25.5 Å². The third-order valence-electron chi connectivity index (χ3n) is 1.75. The van der Waals surface area contributed by atoms with Gasteiger partial charge in [0.1, 0.15) is 5.82 Å². The number of anilines is 2. The van der Waals surface area contributed by atoms with Gasteiger partial charge in [-0.1, -0.05) is 0 Å². The number of nitrogens with two attached hydrogens (primary N) is 1. The first-order chi connectivity index (χ1) is 7.34. The Morgan fingerprint density at radius 1 is 1.27 bits per heavy atom.